The maximum Gasteiger partial charge on any atom is 0.242 e. The highest BCUT2D eigenvalue weighted by atomic mass is 35.5. The topological polar surface area (TPSA) is 58.6 Å². The molecule has 174 valence electrons. The second-order valence-corrected chi connectivity index (χ2v) is 8.85. The molecule has 0 saturated heterocycles. The molecule has 0 aromatic heterocycles. The van der Waals surface area contributed by atoms with Gasteiger partial charge < -0.3 is 15.0 Å². The summed E-state index contributed by atoms with van der Waals surface area (Å²) in [6, 6.07) is 14.7. The first-order chi connectivity index (χ1) is 15.3. The van der Waals surface area contributed by atoms with Gasteiger partial charge in [0.1, 0.15) is 11.8 Å². The molecule has 0 aliphatic rings. The van der Waals surface area contributed by atoms with Crippen molar-refractivity contribution in [2.45, 2.75) is 59.5 Å². The van der Waals surface area contributed by atoms with Crippen LogP contribution < -0.4 is 10.1 Å². The number of hydrogen-bond donors (Lipinski definition) is 1. The van der Waals surface area contributed by atoms with E-state index >= 15 is 0 Å². The van der Waals surface area contributed by atoms with Crippen molar-refractivity contribution in [2.75, 3.05) is 13.2 Å². The van der Waals surface area contributed by atoms with Crippen molar-refractivity contribution < 1.29 is 14.3 Å². The van der Waals surface area contributed by atoms with Gasteiger partial charge in [0, 0.05) is 24.5 Å². The van der Waals surface area contributed by atoms with Gasteiger partial charge in [-0.25, -0.2) is 0 Å². The van der Waals surface area contributed by atoms with Crippen molar-refractivity contribution in [1.82, 2.24) is 10.2 Å². The number of ether oxygens (including phenoxy) is 1. The molecule has 0 saturated carbocycles. The number of amides is 2. The highest BCUT2D eigenvalue weighted by molar-refractivity contribution is 6.31. The van der Waals surface area contributed by atoms with Crippen LogP contribution in [0.15, 0.2) is 48.5 Å². The van der Waals surface area contributed by atoms with Gasteiger partial charge in [0.25, 0.3) is 0 Å². The van der Waals surface area contributed by atoms with Crippen molar-refractivity contribution >= 4 is 23.4 Å². The number of benzene rings is 2. The molecule has 1 atom stereocenters. The lowest BCUT2D eigenvalue weighted by atomic mass is 10.1. The van der Waals surface area contributed by atoms with Crippen LogP contribution in [0.1, 0.15) is 51.2 Å². The van der Waals surface area contributed by atoms with Gasteiger partial charge in [0.2, 0.25) is 11.8 Å². The summed E-state index contributed by atoms with van der Waals surface area (Å²) >= 11 is 6.35. The summed E-state index contributed by atoms with van der Waals surface area (Å²) in [5.41, 5.74) is 2.00. The van der Waals surface area contributed by atoms with Gasteiger partial charge in [0.05, 0.1) is 6.61 Å². The predicted octanol–water partition coefficient (Wildman–Crippen LogP) is 5.39. The van der Waals surface area contributed by atoms with E-state index in [4.69, 9.17) is 16.3 Å². The maximum atomic E-state index is 13.2. The third-order valence-corrected chi connectivity index (χ3v) is 5.56. The molecule has 2 amide bonds. The van der Waals surface area contributed by atoms with Gasteiger partial charge in [-0.2, -0.15) is 0 Å². The lowest BCUT2D eigenvalue weighted by Gasteiger charge is -2.31. The number of hydrogen-bond acceptors (Lipinski definition) is 3. The van der Waals surface area contributed by atoms with Gasteiger partial charge in [-0.15, -0.1) is 0 Å². The predicted molar refractivity (Wildman–Crippen MR) is 130 cm³/mol. The number of rotatable bonds is 12. The van der Waals surface area contributed by atoms with Crippen molar-refractivity contribution in [3.05, 3.63) is 64.7 Å². The zero-order valence-corrected chi connectivity index (χ0v) is 20.3. The lowest BCUT2D eigenvalue weighted by molar-refractivity contribution is -0.141. The second-order valence-electron chi connectivity index (χ2n) is 8.44. The third-order valence-electron chi connectivity index (χ3n) is 5.19. The van der Waals surface area contributed by atoms with Crippen LogP contribution in [-0.4, -0.2) is 35.9 Å². The van der Waals surface area contributed by atoms with E-state index < -0.39 is 6.04 Å². The number of aryl methyl sites for hydroxylation is 1. The van der Waals surface area contributed by atoms with Gasteiger partial charge in [0.15, 0.2) is 0 Å². The summed E-state index contributed by atoms with van der Waals surface area (Å²) in [5.74, 6) is 0.917. The molecule has 32 heavy (non-hydrogen) atoms. The summed E-state index contributed by atoms with van der Waals surface area (Å²) in [5, 5.41) is 3.56. The van der Waals surface area contributed by atoms with Crippen LogP contribution in [0.2, 0.25) is 5.02 Å². The minimum Gasteiger partial charge on any atom is -0.494 e. The minimum absolute atomic E-state index is 0.0797. The summed E-state index contributed by atoms with van der Waals surface area (Å²) < 4.78 is 5.76. The number of nitrogens with one attached hydrogen (secondary N) is 1. The van der Waals surface area contributed by atoms with Crippen LogP contribution in [0.4, 0.5) is 0 Å². The fourth-order valence-electron chi connectivity index (χ4n) is 3.34. The van der Waals surface area contributed by atoms with E-state index in [1.54, 1.807) is 11.0 Å². The Labute approximate surface area is 197 Å². The van der Waals surface area contributed by atoms with E-state index in [9.17, 15) is 9.59 Å². The maximum absolute atomic E-state index is 13.2. The first kappa shape index (κ1) is 25.7. The fourth-order valence-corrected chi connectivity index (χ4v) is 3.54. The molecule has 0 aliphatic heterocycles. The quantitative estimate of drug-likeness (QED) is 0.434. The van der Waals surface area contributed by atoms with E-state index in [1.807, 2.05) is 70.2 Å². The van der Waals surface area contributed by atoms with Crippen molar-refractivity contribution in [3.63, 3.8) is 0 Å². The van der Waals surface area contributed by atoms with Crippen LogP contribution in [0.25, 0.3) is 0 Å². The average molecular weight is 459 g/mol. The first-order valence-corrected chi connectivity index (χ1v) is 11.7. The second kappa shape index (κ2) is 13.1. The monoisotopic (exact) mass is 458 g/mol. The van der Waals surface area contributed by atoms with Gasteiger partial charge >= 0.3 is 0 Å². The van der Waals surface area contributed by atoms with E-state index in [2.05, 4.69) is 5.32 Å². The van der Waals surface area contributed by atoms with Crippen molar-refractivity contribution in [3.8, 4) is 5.75 Å². The van der Waals surface area contributed by atoms with Crippen molar-refractivity contribution in [1.29, 1.82) is 0 Å². The number of halogens is 1. The molecule has 0 radical (unpaired) electrons. The number of nitrogens with zero attached hydrogens (tertiary/aromatic N) is 1. The van der Waals surface area contributed by atoms with E-state index in [-0.39, 0.29) is 11.8 Å². The molecule has 1 N–H and O–H groups in total. The lowest BCUT2D eigenvalue weighted by Crippen LogP contribution is -2.49. The van der Waals surface area contributed by atoms with Gasteiger partial charge in [-0.3, -0.25) is 9.59 Å². The van der Waals surface area contributed by atoms with Crippen LogP contribution >= 0.6 is 11.6 Å². The number of carbonyl (C=O) groups excluding carboxylic acids is 2. The zero-order valence-electron chi connectivity index (χ0n) is 19.6. The van der Waals surface area contributed by atoms with E-state index in [0.29, 0.717) is 49.9 Å². The summed E-state index contributed by atoms with van der Waals surface area (Å²) in [7, 11) is 0. The van der Waals surface area contributed by atoms with Gasteiger partial charge in [-0.1, -0.05) is 68.3 Å². The summed E-state index contributed by atoms with van der Waals surface area (Å²) in [6.45, 7) is 9.35. The number of carbonyl (C=O) groups is 2. The first-order valence-electron chi connectivity index (χ1n) is 11.3. The molecule has 5 nitrogen and oxygen atoms in total. The summed E-state index contributed by atoms with van der Waals surface area (Å²) in [6.07, 6.45) is 1.39. The Kier molecular flexibility index (Phi) is 10.5. The molecule has 0 bridgehead atoms. The Morgan fingerprint density at radius 1 is 1.09 bits per heavy atom. The molecule has 2 rings (SSSR count). The van der Waals surface area contributed by atoms with Crippen molar-refractivity contribution in [2.24, 2.45) is 5.92 Å². The summed E-state index contributed by atoms with van der Waals surface area (Å²) in [4.78, 5) is 27.7. The molecule has 6 heteroatoms. The Hall–Kier alpha value is -2.53. The van der Waals surface area contributed by atoms with Gasteiger partial charge in [-0.05, 0) is 49.4 Å². The van der Waals surface area contributed by atoms with Crippen LogP contribution in [-0.2, 0) is 16.1 Å². The third kappa shape index (κ3) is 8.19. The van der Waals surface area contributed by atoms with E-state index in [0.717, 1.165) is 11.3 Å². The smallest absolute Gasteiger partial charge is 0.242 e. The fraction of sp³-hybridized carbons (Fsp3) is 0.462. The molecule has 0 aliphatic carbocycles. The SMILES string of the molecule is CCC(C(=O)NCC(C)C)N(Cc1ccccc1Cl)C(=O)CCCOc1ccc(C)cc1. The van der Waals surface area contributed by atoms with Crippen LogP contribution in [0.5, 0.6) is 5.75 Å². The van der Waals surface area contributed by atoms with Crippen LogP contribution in [0.3, 0.4) is 0 Å². The standard InChI is InChI=1S/C26H35ClN2O3/c1-5-24(26(31)28-17-19(2)3)29(18-21-9-6-7-10-23(21)27)25(30)11-8-16-32-22-14-12-20(4)13-15-22/h6-7,9-10,12-15,19,24H,5,8,11,16-18H2,1-4H3,(H,28,31). The molecule has 2 aromatic rings. The van der Waals surface area contributed by atoms with E-state index in [1.165, 1.54) is 5.56 Å². The molecule has 0 heterocycles. The molecular weight excluding hydrogens is 424 g/mol. The average Bonchev–Trinajstić information content (AvgIpc) is 2.77. The normalized spacial score (nSPS) is 11.8. The Morgan fingerprint density at radius 2 is 1.78 bits per heavy atom. The highest BCUT2D eigenvalue weighted by Crippen LogP contribution is 2.21. The minimum atomic E-state index is -0.546. The molecule has 1 unspecified atom stereocenters. The Bertz CT molecular complexity index is 868. The molecular formula is C26H35ClN2O3. The Morgan fingerprint density at radius 3 is 2.41 bits per heavy atom. The Balaban J connectivity index is 2.05. The van der Waals surface area contributed by atoms with Crippen LogP contribution in [0, 0.1) is 12.8 Å². The zero-order chi connectivity index (χ0) is 23.5. The molecule has 0 spiro atoms. The molecule has 2 aromatic carbocycles. The largest absolute Gasteiger partial charge is 0.494 e. The molecule has 0 fully saturated rings. The highest BCUT2D eigenvalue weighted by Gasteiger charge is 2.28.